The van der Waals surface area contributed by atoms with Crippen LogP contribution in [0, 0.1) is 0 Å². The van der Waals surface area contributed by atoms with Crippen molar-refractivity contribution >= 4 is 29.3 Å². The van der Waals surface area contributed by atoms with E-state index in [0.29, 0.717) is 10.8 Å². The molecular formula is C12H10N2O4S. The van der Waals surface area contributed by atoms with Crippen LogP contribution in [0.15, 0.2) is 34.3 Å². The van der Waals surface area contributed by atoms with E-state index in [-0.39, 0.29) is 18.1 Å². The molecule has 6 nitrogen and oxygen atoms in total. The van der Waals surface area contributed by atoms with Crippen LogP contribution in [0.5, 0.6) is 0 Å². The predicted octanol–water partition coefficient (Wildman–Crippen LogP) is 1.76. The highest BCUT2D eigenvalue weighted by Crippen LogP contribution is 2.09. The van der Waals surface area contributed by atoms with E-state index in [1.165, 1.54) is 29.1 Å². The molecule has 0 aliphatic carbocycles. The molecular weight excluding hydrogens is 268 g/mol. The highest BCUT2D eigenvalue weighted by Gasteiger charge is 2.08. The van der Waals surface area contributed by atoms with Gasteiger partial charge >= 0.3 is 5.97 Å². The predicted molar refractivity (Wildman–Crippen MR) is 68.7 cm³/mol. The van der Waals surface area contributed by atoms with E-state index >= 15 is 0 Å². The van der Waals surface area contributed by atoms with Crippen molar-refractivity contribution in [2.45, 2.75) is 6.54 Å². The molecule has 0 saturated carbocycles. The van der Waals surface area contributed by atoms with E-state index in [4.69, 9.17) is 9.52 Å². The summed E-state index contributed by atoms with van der Waals surface area (Å²) < 4.78 is 5.03. The molecule has 2 aromatic heterocycles. The number of furan rings is 1. The zero-order chi connectivity index (χ0) is 13.7. The second-order valence-electron chi connectivity index (χ2n) is 3.50. The molecule has 7 heteroatoms. The maximum absolute atomic E-state index is 11.5. The summed E-state index contributed by atoms with van der Waals surface area (Å²) in [6.45, 7) is 0.194. The number of carbonyl (C=O) groups is 2. The number of thiazole rings is 1. The van der Waals surface area contributed by atoms with Crippen LogP contribution in [-0.2, 0) is 11.3 Å². The third-order valence-electron chi connectivity index (χ3n) is 2.13. The summed E-state index contributed by atoms with van der Waals surface area (Å²) in [6, 6.07) is 3.45. The van der Waals surface area contributed by atoms with Crippen molar-refractivity contribution in [1.29, 1.82) is 0 Å². The number of nitrogens with zero attached hydrogens (tertiary/aromatic N) is 1. The molecule has 2 N–H and O–H groups in total. The van der Waals surface area contributed by atoms with Gasteiger partial charge in [-0.15, -0.1) is 11.3 Å². The Morgan fingerprint density at radius 2 is 2.37 bits per heavy atom. The average molecular weight is 278 g/mol. The van der Waals surface area contributed by atoms with Gasteiger partial charge in [0.15, 0.2) is 5.69 Å². The Morgan fingerprint density at radius 3 is 3.00 bits per heavy atom. The van der Waals surface area contributed by atoms with Gasteiger partial charge in [-0.05, 0) is 18.2 Å². The number of hydrogen-bond acceptors (Lipinski definition) is 5. The van der Waals surface area contributed by atoms with Crippen LogP contribution in [0.2, 0.25) is 0 Å². The first-order valence-corrected chi connectivity index (χ1v) is 6.20. The molecule has 19 heavy (non-hydrogen) atoms. The summed E-state index contributed by atoms with van der Waals surface area (Å²) in [4.78, 5) is 25.9. The lowest BCUT2D eigenvalue weighted by atomic mass is 10.4. The van der Waals surface area contributed by atoms with Gasteiger partial charge in [0.1, 0.15) is 10.8 Å². The zero-order valence-corrected chi connectivity index (χ0v) is 10.5. The van der Waals surface area contributed by atoms with Crippen LogP contribution >= 0.6 is 11.3 Å². The van der Waals surface area contributed by atoms with Crippen molar-refractivity contribution in [3.8, 4) is 0 Å². The number of aromatic nitrogens is 1. The number of rotatable bonds is 5. The minimum Gasteiger partial charge on any atom is -0.476 e. The molecule has 1 amide bonds. The quantitative estimate of drug-likeness (QED) is 0.813. The van der Waals surface area contributed by atoms with Gasteiger partial charge < -0.3 is 14.8 Å². The maximum atomic E-state index is 11.5. The Balaban J connectivity index is 1.84. The lowest BCUT2D eigenvalue weighted by molar-refractivity contribution is -0.116. The monoisotopic (exact) mass is 278 g/mol. The molecule has 0 saturated heterocycles. The lowest BCUT2D eigenvalue weighted by Gasteiger charge is -1.97. The number of hydrogen-bond donors (Lipinski definition) is 2. The molecule has 0 fully saturated rings. The molecule has 0 aromatic carbocycles. The first-order chi connectivity index (χ1) is 9.15. The normalized spacial score (nSPS) is 10.7. The molecule has 98 valence electrons. The smallest absolute Gasteiger partial charge is 0.355 e. The molecule has 0 atom stereocenters. The van der Waals surface area contributed by atoms with Gasteiger partial charge in [0.05, 0.1) is 12.8 Å². The summed E-state index contributed by atoms with van der Waals surface area (Å²) in [7, 11) is 0. The topological polar surface area (TPSA) is 92.4 Å². The van der Waals surface area contributed by atoms with Gasteiger partial charge in [-0.25, -0.2) is 9.78 Å². The van der Waals surface area contributed by atoms with Gasteiger partial charge in [0, 0.05) is 11.5 Å². The van der Waals surface area contributed by atoms with E-state index in [1.807, 2.05) is 0 Å². The van der Waals surface area contributed by atoms with Crippen LogP contribution in [0.25, 0.3) is 6.08 Å². The summed E-state index contributed by atoms with van der Waals surface area (Å²) in [5, 5.41) is 13.3. The minimum absolute atomic E-state index is 0.0135. The van der Waals surface area contributed by atoms with Crippen LogP contribution in [0.3, 0.4) is 0 Å². The highest BCUT2D eigenvalue weighted by atomic mass is 32.1. The van der Waals surface area contributed by atoms with Crippen LogP contribution in [-0.4, -0.2) is 22.0 Å². The molecule has 0 unspecified atom stereocenters. The Kier molecular flexibility index (Phi) is 4.09. The molecule has 2 rings (SSSR count). The van der Waals surface area contributed by atoms with Crippen molar-refractivity contribution in [2.75, 3.05) is 0 Å². The van der Waals surface area contributed by atoms with E-state index in [2.05, 4.69) is 10.3 Å². The number of carboxylic acid groups (broad SMARTS) is 1. The Bertz CT molecular complexity index is 601. The summed E-state index contributed by atoms with van der Waals surface area (Å²) in [5.41, 5.74) is -0.0135. The summed E-state index contributed by atoms with van der Waals surface area (Å²) in [5.74, 6) is -0.799. The second-order valence-corrected chi connectivity index (χ2v) is 4.44. The number of carbonyl (C=O) groups excluding carboxylic acids is 1. The van der Waals surface area contributed by atoms with Crippen LogP contribution in [0.1, 0.15) is 21.3 Å². The fourth-order valence-electron chi connectivity index (χ4n) is 1.26. The minimum atomic E-state index is -1.08. The molecule has 0 aliphatic heterocycles. The molecule has 0 spiro atoms. The first-order valence-electron chi connectivity index (χ1n) is 5.32. The maximum Gasteiger partial charge on any atom is 0.355 e. The average Bonchev–Trinajstić information content (AvgIpc) is 3.05. The standard InChI is InChI=1S/C12H10N2O4S/c15-10(4-3-8-2-1-5-18-8)13-6-11-14-9(7-19-11)12(16)17/h1-5,7H,6H2,(H,13,15)(H,16,17)/b4-3+. The van der Waals surface area contributed by atoms with Crippen molar-refractivity contribution in [3.63, 3.8) is 0 Å². The Morgan fingerprint density at radius 1 is 1.53 bits per heavy atom. The van der Waals surface area contributed by atoms with E-state index in [0.717, 1.165) is 0 Å². The molecule has 2 heterocycles. The van der Waals surface area contributed by atoms with Gasteiger partial charge in [-0.3, -0.25) is 4.79 Å². The second kappa shape index (κ2) is 5.96. The largest absolute Gasteiger partial charge is 0.476 e. The molecule has 0 bridgehead atoms. The van der Waals surface area contributed by atoms with E-state index in [1.54, 1.807) is 18.2 Å². The molecule has 0 aliphatic rings. The summed E-state index contributed by atoms with van der Waals surface area (Å²) in [6.07, 6.45) is 4.39. The van der Waals surface area contributed by atoms with Gasteiger partial charge in [0.25, 0.3) is 0 Å². The third-order valence-corrected chi connectivity index (χ3v) is 2.98. The zero-order valence-electron chi connectivity index (χ0n) is 9.70. The SMILES string of the molecule is O=C(/C=C/c1ccco1)NCc1nc(C(=O)O)cs1. The molecule has 0 radical (unpaired) electrons. The first kappa shape index (κ1) is 13.0. The number of amides is 1. The van der Waals surface area contributed by atoms with Gasteiger partial charge in [-0.1, -0.05) is 0 Å². The molecule has 2 aromatic rings. The van der Waals surface area contributed by atoms with Crippen molar-refractivity contribution in [3.05, 3.63) is 46.3 Å². The van der Waals surface area contributed by atoms with Crippen LogP contribution < -0.4 is 5.32 Å². The number of nitrogens with one attached hydrogen (secondary N) is 1. The third kappa shape index (κ3) is 3.78. The van der Waals surface area contributed by atoms with Crippen molar-refractivity contribution in [2.24, 2.45) is 0 Å². The van der Waals surface area contributed by atoms with Gasteiger partial charge in [0.2, 0.25) is 5.91 Å². The highest BCUT2D eigenvalue weighted by molar-refractivity contribution is 7.09. The number of carboxylic acids is 1. The Labute approximate surface area is 112 Å². The van der Waals surface area contributed by atoms with E-state index < -0.39 is 5.97 Å². The fraction of sp³-hybridized carbons (Fsp3) is 0.0833. The van der Waals surface area contributed by atoms with E-state index in [9.17, 15) is 9.59 Å². The Hall–Kier alpha value is -2.41. The lowest BCUT2D eigenvalue weighted by Crippen LogP contribution is -2.20. The van der Waals surface area contributed by atoms with Crippen LogP contribution in [0.4, 0.5) is 0 Å². The van der Waals surface area contributed by atoms with Crippen molar-refractivity contribution in [1.82, 2.24) is 10.3 Å². The van der Waals surface area contributed by atoms with Gasteiger partial charge in [-0.2, -0.15) is 0 Å². The summed E-state index contributed by atoms with van der Waals surface area (Å²) >= 11 is 1.19. The number of aromatic carboxylic acids is 1. The fourth-order valence-corrected chi connectivity index (χ4v) is 1.96. The van der Waals surface area contributed by atoms with Crippen molar-refractivity contribution < 1.29 is 19.1 Å².